The van der Waals surface area contributed by atoms with Crippen molar-refractivity contribution in [3.63, 3.8) is 0 Å². The molecule has 0 aromatic carbocycles. The number of rotatable bonds is 4. The number of ether oxygens (including phenoxy) is 1. The van der Waals surface area contributed by atoms with Gasteiger partial charge in [0.2, 0.25) is 0 Å². The number of methoxy groups -OCH3 is 1. The van der Waals surface area contributed by atoms with Crippen molar-refractivity contribution in [2.45, 2.75) is 31.9 Å². The Hall–Kier alpha value is -0.380. The lowest BCUT2D eigenvalue weighted by atomic mass is 9.94. The van der Waals surface area contributed by atoms with Crippen molar-refractivity contribution < 1.29 is 4.74 Å². The Morgan fingerprint density at radius 3 is 2.77 bits per heavy atom. The van der Waals surface area contributed by atoms with Gasteiger partial charge >= 0.3 is 0 Å². The Labute approximate surface area is 83.7 Å². The van der Waals surface area contributed by atoms with Crippen LogP contribution < -0.4 is 5.73 Å². The smallest absolute Gasteiger partial charge is 0.0776 e. The standard InChI is InChI=1S/C10H17NOS/c1-10(2,12-3)9(11)6-8-4-5-13-7-8/h4-5,7,9H,6,11H2,1-3H3. The maximum absolute atomic E-state index is 6.03. The van der Waals surface area contributed by atoms with Crippen LogP contribution >= 0.6 is 11.3 Å². The Morgan fingerprint density at radius 2 is 2.31 bits per heavy atom. The van der Waals surface area contributed by atoms with Crippen LogP contribution in [0.2, 0.25) is 0 Å². The Morgan fingerprint density at radius 1 is 1.62 bits per heavy atom. The molecule has 1 heterocycles. The quantitative estimate of drug-likeness (QED) is 0.805. The zero-order chi connectivity index (χ0) is 9.90. The zero-order valence-electron chi connectivity index (χ0n) is 8.41. The Bertz CT molecular complexity index is 243. The first-order chi connectivity index (χ1) is 6.06. The van der Waals surface area contributed by atoms with Crippen LogP contribution in [0, 0.1) is 0 Å². The molecule has 3 heteroatoms. The molecule has 0 saturated heterocycles. The van der Waals surface area contributed by atoms with Gasteiger partial charge < -0.3 is 10.5 Å². The van der Waals surface area contributed by atoms with Gasteiger partial charge in [0.25, 0.3) is 0 Å². The molecular weight excluding hydrogens is 182 g/mol. The summed E-state index contributed by atoms with van der Waals surface area (Å²) in [6, 6.07) is 2.16. The number of hydrogen-bond acceptors (Lipinski definition) is 3. The van der Waals surface area contributed by atoms with Gasteiger partial charge in [-0.25, -0.2) is 0 Å². The minimum atomic E-state index is -0.248. The topological polar surface area (TPSA) is 35.2 Å². The van der Waals surface area contributed by atoms with Crippen molar-refractivity contribution in [1.29, 1.82) is 0 Å². The molecule has 0 aliphatic rings. The second-order valence-corrected chi connectivity index (χ2v) is 4.53. The Kier molecular flexibility index (Phi) is 3.47. The molecular formula is C10H17NOS. The van der Waals surface area contributed by atoms with Gasteiger partial charge in [0.1, 0.15) is 0 Å². The molecule has 13 heavy (non-hydrogen) atoms. The second-order valence-electron chi connectivity index (χ2n) is 3.75. The van der Waals surface area contributed by atoms with Crippen LogP contribution in [-0.2, 0) is 11.2 Å². The minimum Gasteiger partial charge on any atom is -0.377 e. The van der Waals surface area contributed by atoms with Crippen molar-refractivity contribution in [3.8, 4) is 0 Å². The van der Waals surface area contributed by atoms with E-state index in [4.69, 9.17) is 10.5 Å². The molecule has 74 valence electrons. The predicted molar refractivity (Wildman–Crippen MR) is 57.1 cm³/mol. The maximum atomic E-state index is 6.03. The zero-order valence-corrected chi connectivity index (χ0v) is 9.23. The third-order valence-corrected chi connectivity index (χ3v) is 3.19. The lowest BCUT2D eigenvalue weighted by Crippen LogP contribution is -2.46. The van der Waals surface area contributed by atoms with Crippen molar-refractivity contribution >= 4 is 11.3 Å². The van der Waals surface area contributed by atoms with Crippen LogP contribution in [-0.4, -0.2) is 18.8 Å². The lowest BCUT2D eigenvalue weighted by Gasteiger charge is -2.29. The summed E-state index contributed by atoms with van der Waals surface area (Å²) in [7, 11) is 1.70. The second kappa shape index (κ2) is 4.22. The molecule has 1 rings (SSSR count). The summed E-state index contributed by atoms with van der Waals surface area (Å²) in [6.07, 6.45) is 0.879. The fourth-order valence-corrected chi connectivity index (χ4v) is 1.74. The molecule has 1 unspecified atom stereocenters. The molecule has 0 radical (unpaired) electrons. The average Bonchev–Trinajstić information content (AvgIpc) is 2.57. The molecule has 1 aromatic heterocycles. The average molecular weight is 199 g/mol. The summed E-state index contributed by atoms with van der Waals surface area (Å²) in [6.45, 7) is 4.04. The third kappa shape index (κ3) is 2.79. The van der Waals surface area contributed by atoms with Crippen molar-refractivity contribution in [1.82, 2.24) is 0 Å². The van der Waals surface area contributed by atoms with Crippen LogP contribution in [0.3, 0.4) is 0 Å². The van der Waals surface area contributed by atoms with E-state index in [0.29, 0.717) is 0 Å². The number of hydrogen-bond donors (Lipinski definition) is 1. The van der Waals surface area contributed by atoms with E-state index < -0.39 is 0 Å². The van der Waals surface area contributed by atoms with E-state index in [1.165, 1.54) is 5.56 Å². The molecule has 0 amide bonds. The molecule has 0 bridgehead atoms. The maximum Gasteiger partial charge on any atom is 0.0776 e. The van der Waals surface area contributed by atoms with Crippen molar-refractivity contribution in [2.75, 3.05) is 7.11 Å². The molecule has 0 aliphatic heterocycles. The number of thiophene rings is 1. The van der Waals surface area contributed by atoms with Crippen molar-refractivity contribution in [3.05, 3.63) is 22.4 Å². The molecule has 0 fully saturated rings. The summed E-state index contributed by atoms with van der Waals surface area (Å²) in [4.78, 5) is 0. The van der Waals surface area contributed by atoms with Crippen molar-refractivity contribution in [2.24, 2.45) is 5.73 Å². The fourth-order valence-electron chi connectivity index (χ4n) is 1.06. The first-order valence-corrected chi connectivity index (χ1v) is 5.32. The molecule has 1 atom stereocenters. The SMILES string of the molecule is COC(C)(C)C(N)Cc1ccsc1. The lowest BCUT2D eigenvalue weighted by molar-refractivity contribution is 0.000827. The summed E-state index contributed by atoms with van der Waals surface area (Å²) in [5, 5.41) is 4.20. The highest BCUT2D eigenvalue weighted by Gasteiger charge is 2.25. The highest BCUT2D eigenvalue weighted by atomic mass is 32.1. The summed E-state index contributed by atoms with van der Waals surface area (Å²) >= 11 is 1.70. The predicted octanol–water partition coefficient (Wildman–Crippen LogP) is 2.04. The molecule has 1 aromatic rings. The molecule has 0 spiro atoms. The van der Waals surface area contributed by atoms with Gasteiger partial charge in [-0.1, -0.05) is 0 Å². The minimum absolute atomic E-state index is 0.0482. The monoisotopic (exact) mass is 199 g/mol. The van der Waals surface area contributed by atoms with E-state index in [0.717, 1.165) is 6.42 Å². The first-order valence-electron chi connectivity index (χ1n) is 4.38. The van der Waals surface area contributed by atoms with Gasteiger partial charge in [-0.05, 0) is 42.7 Å². The van der Waals surface area contributed by atoms with Crippen LogP contribution in [0.15, 0.2) is 16.8 Å². The highest BCUT2D eigenvalue weighted by Crippen LogP contribution is 2.17. The molecule has 0 saturated carbocycles. The number of nitrogens with two attached hydrogens (primary N) is 1. The van der Waals surface area contributed by atoms with Gasteiger partial charge in [0.05, 0.1) is 5.60 Å². The van der Waals surface area contributed by atoms with Gasteiger partial charge in [-0.15, -0.1) is 0 Å². The van der Waals surface area contributed by atoms with Gasteiger partial charge in [-0.3, -0.25) is 0 Å². The molecule has 2 nitrogen and oxygen atoms in total. The van der Waals surface area contributed by atoms with E-state index in [2.05, 4.69) is 16.8 Å². The van der Waals surface area contributed by atoms with E-state index in [1.54, 1.807) is 18.4 Å². The summed E-state index contributed by atoms with van der Waals surface area (Å²) in [5.41, 5.74) is 7.08. The third-order valence-electron chi connectivity index (χ3n) is 2.45. The molecule has 2 N–H and O–H groups in total. The largest absolute Gasteiger partial charge is 0.377 e. The first kappa shape index (κ1) is 10.7. The molecule has 0 aliphatic carbocycles. The van der Waals surface area contributed by atoms with Crippen LogP contribution in [0.4, 0.5) is 0 Å². The van der Waals surface area contributed by atoms with Gasteiger partial charge in [-0.2, -0.15) is 11.3 Å². The van der Waals surface area contributed by atoms with E-state index in [1.807, 2.05) is 13.8 Å². The van der Waals surface area contributed by atoms with Crippen LogP contribution in [0.5, 0.6) is 0 Å². The van der Waals surface area contributed by atoms with E-state index in [-0.39, 0.29) is 11.6 Å². The Balaban J connectivity index is 2.55. The summed E-state index contributed by atoms with van der Waals surface area (Å²) < 4.78 is 5.33. The van der Waals surface area contributed by atoms with Crippen LogP contribution in [0.1, 0.15) is 19.4 Å². The van der Waals surface area contributed by atoms with E-state index >= 15 is 0 Å². The highest BCUT2D eigenvalue weighted by molar-refractivity contribution is 7.07. The van der Waals surface area contributed by atoms with Gasteiger partial charge in [0, 0.05) is 13.2 Å². The van der Waals surface area contributed by atoms with Crippen LogP contribution in [0.25, 0.3) is 0 Å². The fraction of sp³-hybridized carbons (Fsp3) is 0.600. The summed E-state index contributed by atoms with van der Waals surface area (Å²) in [5.74, 6) is 0. The normalized spacial score (nSPS) is 14.5. The van der Waals surface area contributed by atoms with Gasteiger partial charge in [0.15, 0.2) is 0 Å². The van der Waals surface area contributed by atoms with E-state index in [9.17, 15) is 0 Å².